The zero-order valence-electron chi connectivity index (χ0n) is 11.3. The van der Waals surface area contributed by atoms with E-state index in [0.717, 1.165) is 11.3 Å². The number of rotatable bonds is 5. The smallest absolute Gasteiger partial charge is 0.233 e. The van der Waals surface area contributed by atoms with Crippen molar-refractivity contribution in [2.24, 2.45) is 5.73 Å². The van der Waals surface area contributed by atoms with Crippen LogP contribution in [0.1, 0.15) is 11.3 Å². The normalized spacial score (nSPS) is 9.90. The molecule has 0 aliphatic carbocycles. The molecule has 5 nitrogen and oxygen atoms in total. The third kappa shape index (κ3) is 4.36. The number of aromatic nitrogens is 1. The lowest BCUT2D eigenvalue weighted by atomic mass is 10.1. The van der Waals surface area contributed by atoms with Crippen molar-refractivity contribution >= 4 is 18.3 Å². The maximum Gasteiger partial charge on any atom is 0.233 e. The number of carbonyl (C=O) groups is 1. The molecule has 1 amide bonds. The number of nitrogens with one attached hydrogen (secondary N) is 1. The van der Waals surface area contributed by atoms with Crippen LogP contribution in [0.5, 0.6) is 0 Å². The van der Waals surface area contributed by atoms with Gasteiger partial charge >= 0.3 is 0 Å². The van der Waals surface area contributed by atoms with Crippen LogP contribution in [0.25, 0.3) is 11.5 Å². The third-order valence-corrected chi connectivity index (χ3v) is 2.74. The highest BCUT2D eigenvalue weighted by atomic mass is 35.5. The molecule has 108 valence electrons. The lowest BCUT2D eigenvalue weighted by molar-refractivity contribution is -0.119. The molecule has 0 unspecified atom stereocenters. The average molecular weight is 296 g/mol. The SMILES string of the molecule is Cc1ccc(-c2nc(CCNC(=O)CN)co2)cc1.Cl. The highest BCUT2D eigenvalue weighted by molar-refractivity contribution is 5.85. The van der Waals surface area contributed by atoms with Crippen molar-refractivity contribution in [2.75, 3.05) is 13.1 Å². The molecular weight excluding hydrogens is 278 g/mol. The van der Waals surface area contributed by atoms with Gasteiger partial charge in [-0.2, -0.15) is 0 Å². The van der Waals surface area contributed by atoms with Crippen LogP contribution in [-0.2, 0) is 11.2 Å². The molecule has 1 heterocycles. The number of nitrogens with two attached hydrogens (primary N) is 1. The van der Waals surface area contributed by atoms with Gasteiger partial charge in [0, 0.05) is 18.5 Å². The molecule has 20 heavy (non-hydrogen) atoms. The van der Waals surface area contributed by atoms with Gasteiger partial charge in [0.2, 0.25) is 11.8 Å². The Bertz CT molecular complexity index is 552. The Morgan fingerprint density at radius 2 is 2.05 bits per heavy atom. The molecular formula is C14H18ClN3O2. The van der Waals surface area contributed by atoms with Crippen molar-refractivity contribution in [3.8, 4) is 11.5 Å². The Kier molecular flexibility index (Phi) is 6.21. The van der Waals surface area contributed by atoms with Crippen molar-refractivity contribution in [3.05, 3.63) is 41.8 Å². The standard InChI is InChI=1S/C14H17N3O2.ClH/c1-10-2-4-11(5-3-10)14-17-12(9-19-14)6-7-16-13(18)8-15;/h2-5,9H,6-8,15H2,1H3,(H,16,18);1H. The van der Waals surface area contributed by atoms with Gasteiger partial charge in [-0.3, -0.25) is 4.79 Å². The molecule has 0 radical (unpaired) electrons. The van der Waals surface area contributed by atoms with Gasteiger partial charge in [-0.25, -0.2) is 4.98 Å². The topological polar surface area (TPSA) is 81.2 Å². The van der Waals surface area contributed by atoms with Crippen molar-refractivity contribution in [1.29, 1.82) is 0 Å². The van der Waals surface area contributed by atoms with E-state index >= 15 is 0 Å². The number of oxazole rings is 1. The number of nitrogens with zero attached hydrogens (tertiary/aromatic N) is 1. The quantitative estimate of drug-likeness (QED) is 0.879. The lowest BCUT2D eigenvalue weighted by Gasteiger charge is -2.00. The molecule has 0 saturated carbocycles. The average Bonchev–Trinajstić information content (AvgIpc) is 2.88. The summed E-state index contributed by atoms with van der Waals surface area (Å²) in [6.45, 7) is 2.55. The second kappa shape index (κ2) is 7.67. The Labute approximate surface area is 124 Å². The van der Waals surface area contributed by atoms with Crippen LogP contribution in [0.4, 0.5) is 0 Å². The van der Waals surface area contributed by atoms with E-state index in [0.29, 0.717) is 18.9 Å². The summed E-state index contributed by atoms with van der Waals surface area (Å²) in [5.74, 6) is 0.433. The molecule has 6 heteroatoms. The minimum absolute atomic E-state index is 0. The van der Waals surface area contributed by atoms with Crippen LogP contribution in [0.2, 0.25) is 0 Å². The fourth-order valence-corrected chi connectivity index (χ4v) is 1.65. The van der Waals surface area contributed by atoms with E-state index in [9.17, 15) is 4.79 Å². The van der Waals surface area contributed by atoms with Crippen LogP contribution in [0.3, 0.4) is 0 Å². The second-order valence-corrected chi connectivity index (χ2v) is 4.31. The first kappa shape index (κ1) is 16.2. The predicted molar refractivity (Wildman–Crippen MR) is 79.7 cm³/mol. The van der Waals surface area contributed by atoms with Gasteiger partial charge in [0.25, 0.3) is 0 Å². The van der Waals surface area contributed by atoms with Crippen LogP contribution in [-0.4, -0.2) is 24.0 Å². The number of halogens is 1. The summed E-state index contributed by atoms with van der Waals surface area (Å²) >= 11 is 0. The van der Waals surface area contributed by atoms with Crippen LogP contribution in [0.15, 0.2) is 34.9 Å². The van der Waals surface area contributed by atoms with Gasteiger partial charge < -0.3 is 15.5 Å². The molecule has 0 fully saturated rings. The first-order valence-corrected chi connectivity index (χ1v) is 6.17. The summed E-state index contributed by atoms with van der Waals surface area (Å²) < 4.78 is 5.43. The molecule has 2 rings (SSSR count). The number of aryl methyl sites for hydroxylation is 1. The predicted octanol–water partition coefficient (Wildman–Crippen LogP) is 1.69. The van der Waals surface area contributed by atoms with Crippen molar-refractivity contribution in [2.45, 2.75) is 13.3 Å². The number of hydrogen-bond acceptors (Lipinski definition) is 4. The van der Waals surface area contributed by atoms with E-state index in [1.165, 1.54) is 5.56 Å². The molecule has 1 aromatic heterocycles. The van der Waals surface area contributed by atoms with E-state index in [1.54, 1.807) is 6.26 Å². The Morgan fingerprint density at radius 3 is 2.70 bits per heavy atom. The Hall–Kier alpha value is -1.85. The largest absolute Gasteiger partial charge is 0.444 e. The summed E-state index contributed by atoms with van der Waals surface area (Å²) in [7, 11) is 0. The van der Waals surface area contributed by atoms with Crippen LogP contribution < -0.4 is 11.1 Å². The first-order valence-electron chi connectivity index (χ1n) is 6.17. The highest BCUT2D eigenvalue weighted by Crippen LogP contribution is 2.19. The molecule has 1 aromatic carbocycles. The Morgan fingerprint density at radius 1 is 1.35 bits per heavy atom. The van der Waals surface area contributed by atoms with Gasteiger partial charge in [-0.05, 0) is 19.1 Å². The van der Waals surface area contributed by atoms with E-state index in [4.69, 9.17) is 10.2 Å². The minimum Gasteiger partial charge on any atom is -0.444 e. The van der Waals surface area contributed by atoms with Crippen LogP contribution >= 0.6 is 12.4 Å². The summed E-state index contributed by atoms with van der Waals surface area (Å²) in [6.07, 6.45) is 2.24. The molecule has 3 N–H and O–H groups in total. The number of carbonyl (C=O) groups excluding carboxylic acids is 1. The molecule has 0 atom stereocenters. The fourth-order valence-electron chi connectivity index (χ4n) is 1.65. The van der Waals surface area contributed by atoms with Gasteiger partial charge in [-0.15, -0.1) is 12.4 Å². The lowest BCUT2D eigenvalue weighted by Crippen LogP contribution is -2.31. The van der Waals surface area contributed by atoms with Crippen molar-refractivity contribution in [3.63, 3.8) is 0 Å². The van der Waals surface area contributed by atoms with Crippen LogP contribution in [0, 0.1) is 6.92 Å². The summed E-state index contributed by atoms with van der Waals surface area (Å²) in [5.41, 5.74) is 8.15. The third-order valence-electron chi connectivity index (χ3n) is 2.74. The summed E-state index contributed by atoms with van der Waals surface area (Å²) in [4.78, 5) is 15.4. The summed E-state index contributed by atoms with van der Waals surface area (Å²) in [6, 6.07) is 7.98. The number of hydrogen-bond donors (Lipinski definition) is 2. The minimum atomic E-state index is -0.165. The maximum atomic E-state index is 11.0. The van der Waals surface area contributed by atoms with Gasteiger partial charge in [-0.1, -0.05) is 17.7 Å². The zero-order valence-corrected chi connectivity index (χ0v) is 12.1. The van der Waals surface area contributed by atoms with Crippen molar-refractivity contribution < 1.29 is 9.21 Å². The first-order chi connectivity index (χ1) is 9.19. The van der Waals surface area contributed by atoms with E-state index in [-0.39, 0.29) is 24.9 Å². The molecule has 0 saturated heterocycles. The van der Waals surface area contributed by atoms with Gasteiger partial charge in [0.1, 0.15) is 6.26 Å². The summed E-state index contributed by atoms with van der Waals surface area (Å²) in [5, 5.41) is 2.69. The highest BCUT2D eigenvalue weighted by Gasteiger charge is 2.06. The van der Waals surface area contributed by atoms with Gasteiger partial charge in [0.15, 0.2) is 0 Å². The molecule has 0 aliphatic heterocycles. The monoisotopic (exact) mass is 295 g/mol. The molecule has 0 spiro atoms. The maximum absolute atomic E-state index is 11.0. The zero-order chi connectivity index (χ0) is 13.7. The number of amides is 1. The van der Waals surface area contributed by atoms with Gasteiger partial charge in [0.05, 0.1) is 12.2 Å². The van der Waals surface area contributed by atoms with E-state index in [1.807, 2.05) is 31.2 Å². The Balaban J connectivity index is 0.00000200. The molecule has 0 bridgehead atoms. The second-order valence-electron chi connectivity index (χ2n) is 4.31. The molecule has 2 aromatic rings. The van der Waals surface area contributed by atoms with E-state index < -0.39 is 0 Å². The van der Waals surface area contributed by atoms with E-state index in [2.05, 4.69) is 10.3 Å². The number of benzene rings is 1. The fraction of sp³-hybridized carbons (Fsp3) is 0.286. The van der Waals surface area contributed by atoms with Crippen molar-refractivity contribution in [1.82, 2.24) is 10.3 Å². The molecule has 0 aliphatic rings.